The predicted molar refractivity (Wildman–Crippen MR) is 71.7 cm³/mol. The summed E-state index contributed by atoms with van der Waals surface area (Å²) < 4.78 is 0. The topological polar surface area (TPSA) is 12.0 Å². The molecule has 1 aliphatic rings. The Morgan fingerprint density at radius 1 is 1.33 bits per heavy atom. The lowest BCUT2D eigenvalue weighted by molar-refractivity contribution is 0.535. The fraction of sp³-hybridized carbons (Fsp3) is 1.00. The molecule has 90 valence electrons. The molecule has 2 heteroatoms. The van der Waals surface area contributed by atoms with E-state index < -0.39 is 0 Å². The smallest absolute Gasteiger partial charge is 0.00465 e. The second-order valence-corrected chi connectivity index (χ2v) is 6.02. The minimum Gasteiger partial charge on any atom is -0.314 e. The maximum atomic E-state index is 3.55. The van der Waals surface area contributed by atoms with Crippen LogP contribution in [0.15, 0.2) is 0 Å². The lowest BCUT2D eigenvalue weighted by Gasteiger charge is -2.13. The molecule has 0 saturated heterocycles. The minimum atomic E-state index is 0.709. The number of thioether (sulfide) groups is 1. The molecule has 0 aliphatic heterocycles. The molecule has 1 atom stereocenters. The second kappa shape index (κ2) is 8.46. The maximum absolute atomic E-state index is 3.55. The summed E-state index contributed by atoms with van der Waals surface area (Å²) in [7, 11) is 0. The van der Waals surface area contributed by atoms with Crippen LogP contribution in [0.2, 0.25) is 0 Å². The van der Waals surface area contributed by atoms with E-state index in [0.717, 1.165) is 5.92 Å². The van der Waals surface area contributed by atoms with Crippen LogP contribution in [-0.2, 0) is 0 Å². The summed E-state index contributed by atoms with van der Waals surface area (Å²) in [5, 5.41) is 3.55. The summed E-state index contributed by atoms with van der Waals surface area (Å²) in [4.78, 5) is 0. The van der Waals surface area contributed by atoms with Crippen LogP contribution in [-0.4, -0.2) is 24.1 Å². The summed E-state index contributed by atoms with van der Waals surface area (Å²) in [6, 6.07) is 0.709. The molecule has 1 nitrogen and oxygen atoms in total. The third kappa shape index (κ3) is 6.47. The zero-order valence-corrected chi connectivity index (χ0v) is 11.2. The molecule has 15 heavy (non-hydrogen) atoms. The van der Waals surface area contributed by atoms with Gasteiger partial charge in [0.05, 0.1) is 0 Å². The molecule has 0 aromatic carbocycles. The van der Waals surface area contributed by atoms with E-state index in [-0.39, 0.29) is 0 Å². The van der Waals surface area contributed by atoms with E-state index in [4.69, 9.17) is 0 Å². The quantitative estimate of drug-likeness (QED) is 0.637. The van der Waals surface area contributed by atoms with Crippen LogP contribution < -0.4 is 5.32 Å². The molecule has 0 bridgehead atoms. The van der Waals surface area contributed by atoms with Gasteiger partial charge in [0.25, 0.3) is 0 Å². The van der Waals surface area contributed by atoms with Crippen LogP contribution in [0.5, 0.6) is 0 Å². The van der Waals surface area contributed by atoms with Crippen LogP contribution in [0.25, 0.3) is 0 Å². The van der Waals surface area contributed by atoms with Crippen LogP contribution in [0, 0.1) is 5.92 Å². The largest absolute Gasteiger partial charge is 0.314 e. The Hall–Kier alpha value is 0.310. The monoisotopic (exact) mass is 229 g/mol. The van der Waals surface area contributed by atoms with Crippen molar-refractivity contribution in [1.82, 2.24) is 5.32 Å². The van der Waals surface area contributed by atoms with Gasteiger partial charge in [-0.3, -0.25) is 0 Å². The third-order valence-electron chi connectivity index (χ3n) is 3.27. The van der Waals surface area contributed by atoms with Gasteiger partial charge in [-0.2, -0.15) is 11.8 Å². The first-order valence-corrected chi connectivity index (χ1v) is 7.79. The Morgan fingerprint density at radius 2 is 2.07 bits per heavy atom. The van der Waals surface area contributed by atoms with E-state index in [1.54, 1.807) is 0 Å². The first-order chi connectivity index (χ1) is 7.33. The fourth-order valence-electron chi connectivity index (χ4n) is 2.18. The SMILES string of the molecule is CCCNC(C)CCSCC1CCCC1. The zero-order chi connectivity index (χ0) is 10.9. The molecule has 0 spiro atoms. The Kier molecular flexibility index (Phi) is 7.54. The average Bonchev–Trinajstić information content (AvgIpc) is 2.74. The third-order valence-corrected chi connectivity index (χ3v) is 4.50. The molecule has 1 saturated carbocycles. The molecule has 1 fully saturated rings. The van der Waals surface area contributed by atoms with E-state index in [2.05, 4.69) is 30.9 Å². The van der Waals surface area contributed by atoms with Gasteiger partial charge in [-0.05, 0) is 56.6 Å². The van der Waals surface area contributed by atoms with Crippen LogP contribution in [0.4, 0.5) is 0 Å². The standard InChI is InChI=1S/C13H27NS/c1-3-9-14-12(2)8-10-15-11-13-6-4-5-7-13/h12-14H,3-11H2,1-2H3. The van der Waals surface area contributed by atoms with E-state index in [9.17, 15) is 0 Å². The summed E-state index contributed by atoms with van der Waals surface area (Å²) in [5.41, 5.74) is 0. The average molecular weight is 229 g/mol. The molecule has 1 rings (SSSR count). The molecule has 0 amide bonds. The Labute approximate surface area is 99.8 Å². The maximum Gasteiger partial charge on any atom is 0.00465 e. The van der Waals surface area contributed by atoms with Crippen molar-refractivity contribution in [3.05, 3.63) is 0 Å². The normalized spacial score (nSPS) is 19.6. The van der Waals surface area contributed by atoms with Crippen molar-refractivity contribution in [1.29, 1.82) is 0 Å². The molecule has 0 aromatic heterocycles. The van der Waals surface area contributed by atoms with Gasteiger partial charge in [-0.1, -0.05) is 19.8 Å². The van der Waals surface area contributed by atoms with Crippen molar-refractivity contribution >= 4 is 11.8 Å². The van der Waals surface area contributed by atoms with Gasteiger partial charge in [0, 0.05) is 6.04 Å². The van der Waals surface area contributed by atoms with E-state index >= 15 is 0 Å². The molecule has 1 unspecified atom stereocenters. The highest BCUT2D eigenvalue weighted by atomic mass is 32.2. The number of rotatable bonds is 8. The molecule has 0 heterocycles. The Bertz CT molecular complexity index is 143. The van der Waals surface area contributed by atoms with Crippen molar-refractivity contribution < 1.29 is 0 Å². The van der Waals surface area contributed by atoms with E-state index in [0.29, 0.717) is 6.04 Å². The second-order valence-electron chi connectivity index (χ2n) is 4.87. The summed E-state index contributed by atoms with van der Waals surface area (Å²) in [6.45, 7) is 5.72. The van der Waals surface area contributed by atoms with Crippen LogP contribution >= 0.6 is 11.8 Å². The van der Waals surface area contributed by atoms with Gasteiger partial charge < -0.3 is 5.32 Å². The molecule has 0 radical (unpaired) electrons. The van der Waals surface area contributed by atoms with Crippen LogP contribution in [0.1, 0.15) is 52.4 Å². The van der Waals surface area contributed by atoms with Gasteiger partial charge in [0.1, 0.15) is 0 Å². The first kappa shape index (κ1) is 13.4. The molecular weight excluding hydrogens is 202 g/mol. The first-order valence-electron chi connectivity index (χ1n) is 6.64. The number of hydrogen-bond donors (Lipinski definition) is 1. The zero-order valence-electron chi connectivity index (χ0n) is 10.4. The van der Waals surface area contributed by atoms with Gasteiger partial charge in [-0.25, -0.2) is 0 Å². The number of hydrogen-bond acceptors (Lipinski definition) is 2. The van der Waals surface area contributed by atoms with Crippen molar-refractivity contribution in [2.45, 2.75) is 58.4 Å². The van der Waals surface area contributed by atoms with Crippen LogP contribution in [0.3, 0.4) is 0 Å². The van der Waals surface area contributed by atoms with Gasteiger partial charge in [0.15, 0.2) is 0 Å². The van der Waals surface area contributed by atoms with Gasteiger partial charge in [0.2, 0.25) is 0 Å². The molecule has 0 aromatic rings. The summed E-state index contributed by atoms with van der Waals surface area (Å²) >= 11 is 2.17. The number of nitrogens with one attached hydrogen (secondary N) is 1. The van der Waals surface area contributed by atoms with Crippen molar-refractivity contribution in [2.75, 3.05) is 18.1 Å². The predicted octanol–water partition coefficient (Wildman–Crippen LogP) is 3.69. The van der Waals surface area contributed by atoms with Crippen molar-refractivity contribution in [3.63, 3.8) is 0 Å². The Morgan fingerprint density at radius 3 is 2.73 bits per heavy atom. The highest BCUT2D eigenvalue weighted by molar-refractivity contribution is 7.99. The van der Waals surface area contributed by atoms with E-state index in [1.807, 2.05) is 0 Å². The van der Waals surface area contributed by atoms with Crippen molar-refractivity contribution in [2.24, 2.45) is 5.92 Å². The summed E-state index contributed by atoms with van der Waals surface area (Å²) in [6.07, 6.45) is 8.55. The lowest BCUT2D eigenvalue weighted by Crippen LogP contribution is -2.27. The molecule has 1 aliphatic carbocycles. The van der Waals surface area contributed by atoms with Crippen molar-refractivity contribution in [3.8, 4) is 0 Å². The van der Waals surface area contributed by atoms with Gasteiger partial charge in [-0.15, -0.1) is 0 Å². The molecule has 1 N–H and O–H groups in total. The fourth-order valence-corrected chi connectivity index (χ4v) is 3.53. The highest BCUT2D eigenvalue weighted by Gasteiger charge is 2.14. The van der Waals surface area contributed by atoms with Gasteiger partial charge >= 0.3 is 0 Å². The Balaban J connectivity index is 1.87. The summed E-state index contributed by atoms with van der Waals surface area (Å²) in [5.74, 6) is 3.81. The minimum absolute atomic E-state index is 0.709. The lowest BCUT2D eigenvalue weighted by atomic mass is 10.1. The highest BCUT2D eigenvalue weighted by Crippen LogP contribution is 2.28. The molecular formula is C13H27NS. The van der Waals surface area contributed by atoms with E-state index in [1.165, 1.54) is 56.6 Å².